The van der Waals surface area contributed by atoms with Crippen LogP contribution in [0, 0.1) is 0 Å². The van der Waals surface area contributed by atoms with Crippen molar-refractivity contribution in [1.82, 2.24) is 24.2 Å². The van der Waals surface area contributed by atoms with Gasteiger partial charge in [0.2, 0.25) is 0 Å². The van der Waals surface area contributed by atoms with Crippen molar-refractivity contribution in [3.63, 3.8) is 0 Å². The van der Waals surface area contributed by atoms with Crippen LogP contribution in [-0.2, 0) is 13.1 Å². The summed E-state index contributed by atoms with van der Waals surface area (Å²) in [6, 6.07) is 7.78. The Hall–Kier alpha value is -2.80. The zero-order valence-corrected chi connectivity index (χ0v) is 13.8. The highest BCUT2D eigenvalue weighted by atomic mass is 16.5. The number of H-pyrrole nitrogens is 1. The van der Waals surface area contributed by atoms with Crippen LogP contribution in [0.25, 0.3) is 5.69 Å². The molecule has 0 spiro atoms. The van der Waals surface area contributed by atoms with Gasteiger partial charge in [0.25, 0.3) is 0 Å². The molecule has 3 aromatic rings. The summed E-state index contributed by atoms with van der Waals surface area (Å²) in [5, 5.41) is 4.41. The Morgan fingerprint density at radius 2 is 2.25 bits per heavy atom. The molecule has 3 rings (SSSR count). The summed E-state index contributed by atoms with van der Waals surface area (Å²) in [6.45, 7) is 2.20. The molecule has 126 valence electrons. The molecule has 24 heavy (non-hydrogen) atoms. The number of ether oxygens (including phenoxy) is 1. The number of aromatic amines is 1. The molecular weight excluding hydrogens is 306 g/mol. The lowest BCUT2D eigenvalue weighted by Gasteiger charge is -2.15. The third kappa shape index (κ3) is 3.75. The Bertz CT molecular complexity index is 848. The number of hydrogen-bond donors (Lipinski definition) is 1. The fourth-order valence-electron chi connectivity index (χ4n) is 2.53. The fourth-order valence-corrected chi connectivity index (χ4v) is 2.53. The van der Waals surface area contributed by atoms with Crippen LogP contribution in [0.2, 0.25) is 0 Å². The molecule has 0 aliphatic carbocycles. The second kappa shape index (κ2) is 7.18. The highest BCUT2D eigenvalue weighted by Gasteiger charge is 2.06. The van der Waals surface area contributed by atoms with Crippen molar-refractivity contribution < 1.29 is 4.74 Å². The highest BCUT2D eigenvalue weighted by Crippen LogP contribution is 2.16. The largest absolute Gasteiger partial charge is 0.497 e. The van der Waals surface area contributed by atoms with Gasteiger partial charge in [-0.15, -0.1) is 0 Å². The van der Waals surface area contributed by atoms with E-state index >= 15 is 0 Å². The molecule has 1 aromatic carbocycles. The minimum atomic E-state index is -0.0748. The molecule has 0 radical (unpaired) electrons. The van der Waals surface area contributed by atoms with E-state index in [1.54, 1.807) is 24.1 Å². The minimum absolute atomic E-state index is 0.0748. The molecule has 1 N–H and O–H groups in total. The van der Waals surface area contributed by atoms with Crippen molar-refractivity contribution in [2.45, 2.75) is 13.1 Å². The zero-order chi connectivity index (χ0) is 16.9. The molecule has 0 fully saturated rings. The third-order valence-electron chi connectivity index (χ3n) is 3.85. The normalized spacial score (nSPS) is 11.1. The SMILES string of the molecule is COc1cccc(-n2cc(CN(C)CCn3cc[nH]c3=O)cn2)c1. The molecule has 0 aliphatic heterocycles. The average Bonchev–Trinajstić information content (AvgIpc) is 3.22. The van der Waals surface area contributed by atoms with Gasteiger partial charge in [0, 0.05) is 49.9 Å². The maximum absolute atomic E-state index is 11.5. The van der Waals surface area contributed by atoms with Gasteiger partial charge in [0.05, 0.1) is 19.0 Å². The van der Waals surface area contributed by atoms with Gasteiger partial charge in [-0.3, -0.25) is 4.57 Å². The number of benzene rings is 1. The summed E-state index contributed by atoms with van der Waals surface area (Å²) in [5.41, 5.74) is 2.00. The molecule has 0 atom stereocenters. The van der Waals surface area contributed by atoms with Gasteiger partial charge in [0.1, 0.15) is 5.75 Å². The molecule has 0 aliphatic rings. The molecule has 2 aromatic heterocycles. The zero-order valence-electron chi connectivity index (χ0n) is 13.8. The number of methoxy groups -OCH3 is 1. The lowest BCUT2D eigenvalue weighted by molar-refractivity contribution is 0.310. The number of aromatic nitrogens is 4. The van der Waals surface area contributed by atoms with E-state index < -0.39 is 0 Å². The van der Waals surface area contributed by atoms with Gasteiger partial charge in [-0.1, -0.05) is 6.07 Å². The van der Waals surface area contributed by atoms with Crippen LogP contribution in [-0.4, -0.2) is 44.9 Å². The molecule has 0 amide bonds. The first-order valence-corrected chi connectivity index (χ1v) is 7.76. The van der Waals surface area contributed by atoms with E-state index in [2.05, 4.69) is 15.0 Å². The molecule has 0 saturated carbocycles. The van der Waals surface area contributed by atoms with Gasteiger partial charge in [-0.2, -0.15) is 5.10 Å². The molecule has 0 bridgehead atoms. The maximum atomic E-state index is 11.5. The second-order valence-electron chi connectivity index (χ2n) is 5.69. The van der Waals surface area contributed by atoms with Gasteiger partial charge in [0.15, 0.2) is 0 Å². The molecular formula is C17H21N5O2. The Labute approximate surface area is 140 Å². The van der Waals surface area contributed by atoms with E-state index in [-0.39, 0.29) is 5.69 Å². The number of nitrogens with zero attached hydrogens (tertiary/aromatic N) is 4. The number of nitrogens with one attached hydrogen (secondary N) is 1. The fraction of sp³-hybridized carbons (Fsp3) is 0.294. The molecule has 2 heterocycles. The lowest BCUT2D eigenvalue weighted by atomic mass is 10.3. The predicted octanol–water partition coefficient (Wildman–Crippen LogP) is 1.50. The van der Waals surface area contributed by atoms with Crippen molar-refractivity contribution in [1.29, 1.82) is 0 Å². The Morgan fingerprint density at radius 1 is 1.38 bits per heavy atom. The van der Waals surface area contributed by atoms with Crippen LogP contribution in [0.4, 0.5) is 0 Å². The summed E-state index contributed by atoms with van der Waals surface area (Å²) in [7, 11) is 3.68. The van der Waals surface area contributed by atoms with Crippen molar-refractivity contribution >= 4 is 0 Å². The van der Waals surface area contributed by atoms with Crippen LogP contribution in [0.15, 0.2) is 53.8 Å². The standard InChI is InChI=1S/C17H21N5O2/c1-20(8-9-21-7-6-18-17(21)23)12-14-11-19-22(13-14)15-4-3-5-16(10-15)24-2/h3-7,10-11,13H,8-9,12H2,1-2H3,(H,18,23). The molecule has 7 nitrogen and oxygen atoms in total. The van der Waals surface area contributed by atoms with E-state index in [1.165, 1.54) is 0 Å². The average molecular weight is 327 g/mol. The van der Waals surface area contributed by atoms with Gasteiger partial charge in [-0.25, -0.2) is 9.48 Å². The van der Waals surface area contributed by atoms with Crippen LogP contribution < -0.4 is 10.4 Å². The number of hydrogen-bond acceptors (Lipinski definition) is 4. The van der Waals surface area contributed by atoms with Crippen molar-refractivity contribution in [2.24, 2.45) is 0 Å². The van der Waals surface area contributed by atoms with E-state index in [0.717, 1.165) is 30.1 Å². The summed E-state index contributed by atoms with van der Waals surface area (Å²) < 4.78 is 8.74. The monoisotopic (exact) mass is 327 g/mol. The highest BCUT2D eigenvalue weighted by molar-refractivity contribution is 5.38. The van der Waals surface area contributed by atoms with Crippen LogP contribution in [0.1, 0.15) is 5.56 Å². The van der Waals surface area contributed by atoms with Gasteiger partial charge < -0.3 is 14.6 Å². The van der Waals surface area contributed by atoms with Crippen molar-refractivity contribution in [3.05, 3.63) is 65.1 Å². The molecule has 0 unspecified atom stereocenters. The maximum Gasteiger partial charge on any atom is 0.325 e. The third-order valence-corrected chi connectivity index (χ3v) is 3.85. The van der Waals surface area contributed by atoms with Crippen molar-refractivity contribution in [2.75, 3.05) is 20.7 Å². The smallest absolute Gasteiger partial charge is 0.325 e. The van der Waals surface area contributed by atoms with Crippen molar-refractivity contribution in [3.8, 4) is 11.4 Å². The summed E-state index contributed by atoms with van der Waals surface area (Å²) in [5.74, 6) is 0.804. The number of imidazole rings is 1. The summed E-state index contributed by atoms with van der Waals surface area (Å²) in [4.78, 5) is 16.3. The van der Waals surface area contributed by atoms with Crippen LogP contribution in [0.5, 0.6) is 5.75 Å². The van der Waals surface area contributed by atoms with Crippen LogP contribution in [0.3, 0.4) is 0 Å². The molecule has 0 saturated heterocycles. The van der Waals surface area contributed by atoms with E-state index in [9.17, 15) is 4.79 Å². The number of likely N-dealkylation sites (N-methyl/N-ethyl adjacent to an activating group) is 1. The lowest BCUT2D eigenvalue weighted by Crippen LogP contribution is -2.26. The quantitative estimate of drug-likeness (QED) is 0.714. The van der Waals surface area contributed by atoms with Gasteiger partial charge in [-0.05, 0) is 19.2 Å². The predicted molar refractivity (Wildman–Crippen MR) is 91.5 cm³/mol. The Balaban J connectivity index is 1.61. The number of rotatable bonds is 7. The first kappa shape index (κ1) is 16.1. The summed E-state index contributed by atoms with van der Waals surface area (Å²) in [6.07, 6.45) is 7.28. The van der Waals surface area contributed by atoms with Gasteiger partial charge >= 0.3 is 5.69 Å². The minimum Gasteiger partial charge on any atom is -0.497 e. The summed E-state index contributed by atoms with van der Waals surface area (Å²) >= 11 is 0. The topological polar surface area (TPSA) is 68.1 Å². The first-order valence-electron chi connectivity index (χ1n) is 7.76. The Kier molecular flexibility index (Phi) is 4.81. The Morgan fingerprint density at radius 3 is 3.00 bits per heavy atom. The molecule has 7 heteroatoms. The second-order valence-corrected chi connectivity index (χ2v) is 5.69. The van der Waals surface area contributed by atoms with E-state index in [0.29, 0.717) is 6.54 Å². The first-order chi connectivity index (χ1) is 11.7. The van der Waals surface area contributed by atoms with E-state index in [4.69, 9.17) is 4.74 Å². The van der Waals surface area contributed by atoms with E-state index in [1.807, 2.05) is 48.4 Å². The van der Waals surface area contributed by atoms with Crippen LogP contribution >= 0.6 is 0 Å².